The van der Waals surface area contributed by atoms with Gasteiger partial charge in [-0.2, -0.15) is 0 Å². The molecule has 0 saturated carbocycles. The fraction of sp³-hybridized carbons (Fsp3) is 0.733. The van der Waals surface area contributed by atoms with Crippen LogP contribution < -0.4 is 30.5 Å². The maximum absolute atomic E-state index is 15.0. The highest BCUT2D eigenvalue weighted by atomic mass is 32.1. The third-order valence-electron chi connectivity index (χ3n) is 23.5. The number of nitrogens with one attached hydrogen (secondary N) is 3. The second kappa shape index (κ2) is 38.9. The van der Waals surface area contributed by atoms with Gasteiger partial charge in [-0.05, 0) is 63.7 Å². The monoisotopic (exact) mass is 1700 g/mol. The molecule has 43 heteroatoms. The largest absolute Gasteiger partial charge is 0.456 e. The van der Waals surface area contributed by atoms with Gasteiger partial charge < -0.3 is 204 Å². The Hall–Kier alpha value is -5.18. The van der Waals surface area contributed by atoms with Crippen molar-refractivity contribution < 1.29 is 178 Å². The van der Waals surface area contributed by atoms with E-state index in [9.17, 15) is 102 Å². The van der Waals surface area contributed by atoms with Crippen LogP contribution in [0.5, 0.6) is 11.5 Å². The molecule has 42 nitrogen and oxygen atoms in total. The van der Waals surface area contributed by atoms with Crippen molar-refractivity contribution in [2.45, 2.75) is 248 Å². The number of amides is 1. The summed E-state index contributed by atoms with van der Waals surface area (Å²) in [5.74, 6) is 0.959. The first-order valence-electron chi connectivity index (χ1n) is 39.6. The Kier molecular flexibility index (Phi) is 29.9. The van der Waals surface area contributed by atoms with Crippen LogP contribution in [0.4, 0.5) is 11.4 Å². The topological polar surface area (TPSA) is 606 Å². The van der Waals surface area contributed by atoms with Crippen molar-refractivity contribution in [2.24, 2.45) is 0 Å². The molecule has 23 heterocycles. The lowest BCUT2D eigenvalue weighted by atomic mass is 9.74. The van der Waals surface area contributed by atoms with Crippen molar-refractivity contribution >= 4 is 34.6 Å². The van der Waals surface area contributed by atoms with Gasteiger partial charge in [0.25, 0.3) is 5.91 Å². The van der Waals surface area contributed by atoms with E-state index in [1.165, 1.54) is 0 Å². The molecule has 3 aromatic rings. The maximum Gasteiger partial charge on any atom is 0.255 e. The maximum atomic E-state index is 15.0. The second-order valence-corrected chi connectivity index (χ2v) is 30.8. The van der Waals surface area contributed by atoms with E-state index < -0.39 is 260 Å². The van der Waals surface area contributed by atoms with Gasteiger partial charge in [0.1, 0.15) is 188 Å². The Balaban J connectivity index is 0.735. The van der Waals surface area contributed by atoms with Gasteiger partial charge in [0.15, 0.2) is 49.1 Å². The Labute approximate surface area is 681 Å². The lowest BCUT2D eigenvalue weighted by Crippen LogP contribution is -2.68. The zero-order valence-corrected chi connectivity index (χ0v) is 65.6. The lowest BCUT2D eigenvalue weighted by molar-refractivity contribution is -0.396. The number of anilines is 2. The van der Waals surface area contributed by atoms with Gasteiger partial charge in [-0.3, -0.25) is 4.79 Å². The Morgan fingerprint density at radius 3 is 0.966 bits per heavy atom. The highest BCUT2D eigenvalue weighted by Gasteiger charge is 2.62. The summed E-state index contributed by atoms with van der Waals surface area (Å²) in [4.78, 5) is 21.3. The molecule has 662 valence electrons. The minimum atomic E-state index is -2.25. The van der Waals surface area contributed by atoms with E-state index >= 15 is 4.79 Å². The molecule has 35 atom stereocenters. The highest BCUT2D eigenvalue weighted by Crippen LogP contribution is 2.58. The summed E-state index contributed by atoms with van der Waals surface area (Å²) >= 11 is 5.81. The Bertz CT molecular complexity index is 3720. The van der Waals surface area contributed by atoms with Crippen molar-refractivity contribution in [3.63, 3.8) is 0 Å². The Morgan fingerprint density at radius 2 is 0.661 bits per heavy atom. The van der Waals surface area contributed by atoms with Crippen LogP contribution in [0.1, 0.15) is 54.7 Å². The molecule has 26 rings (SSSR count). The van der Waals surface area contributed by atoms with Gasteiger partial charge in [0, 0.05) is 99.1 Å². The summed E-state index contributed by atoms with van der Waals surface area (Å²) in [6.45, 7) is 4.83. The summed E-state index contributed by atoms with van der Waals surface area (Å²) in [5, 5.41) is 237. The summed E-state index contributed by atoms with van der Waals surface area (Å²) in [5.41, 5.74) is 3.56. The fourth-order valence-corrected chi connectivity index (χ4v) is 17.4. The molecule has 118 heavy (non-hydrogen) atoms. The molecule has 23 aliphatic rings. The van der Waals surface area contributed by atoms with Crippen LogP contribution in [0.25, 0.3) is 0 Å². The first-order chi connectivity index (χ1) is 56.7. The Morgan fingerprint density at radius 1 is 0.373 bits per heavy atom. The van der Waals surface area contributed by atoms with Crippen molar-refractivity contribution in [3.05, 3.63) is 82.9 Å². The minimum absolute atomic E-state index is 0.0193. The quantitative estimate of drug-likeness (QED) is 0.0369. The lowest BCUT2D eigenvalue weighted by Gasteiger charge is -2.50. The number of aliphatic hydroxyl groups excluding tert-OH is 20. The van der Waals surface area contributed by atoms with Crippen LogP contribution in [0.2, 0.25) is 0 Å². The van der Waals surface area contributed by atoms with Crippen LogP contribution in [0.3, 0.4) is 0 Å². The van der Waals surface area contributed by atoms with E-state index in [0.29, 0.717) is 17.1 Å². The summed E-state index contributed by atoms with van der Waals surface area (Å²) in [7, 11) is 0. The zero-order chi connectivity index (χ0) is 84.6. The van der Waals surface area contributed by atoms with Gasteiger partial charge in [0.2, 0.25) is 0 Å². The number of carbonyl (C=O) groups excluding carboxylic acids is 1. The minimum Gasteiger partial charge on any atom is -0.456 e. The van der Waals surface area contributed by atoms with E-state index in [-0.39, 0.29) is 43.7 Å². The molecule has 3 aromatic carbocycles. The van der Waals surface area contributed by atoms with Crippen LogP contribution in [-0.4, -0.2) is 432 Å². The summed E-state index contributed by atoms with van der Waals surface area (Å²) in [6.07, 6.45) is -71.1. The van der Waals surface area contributed by atoms with Crippen LogP contribution in [0, 0.1) is 0 Å². The molecule has 35 unspecified atom stereocenters. The number of rotatable bonds is 20. The number of thiocarbonyl (C=S) groups is 1. The van der Waals surface area contributed by atoms with Gasteiger partial charge in [0.05, 0.1) is 39.6 Å². The molecule has 1 spiro atoms. The standard InChI is InChI=1S/C75H110N6O36S/c1-5-79(6-2)30-13-15-34-36(21-30)103-37-22-31(80(7-3)8-4)14-16-35(37)75(34)33-12-10-9-11-32(33)66(102)81(75)20-19-78-74(118)77-18-17-76-23-38-59-45(88)52(95)67(104-38)112-60-39(24-82)106-69(54(97)47(60)90)114-62-41(26-84)108-71(56(99)49(62)92)116-64-43(28-86)110-73(58(101)51(64)94)117-65-44(29-87)109-72(57(100)50(65)93)115-63-42(27-85)107-70(55(98)48(63)91)113-61-40(25-83)105-68(111-59)53(96)46(61)89/h9-16,21-22,38-65,67-73,76,82-101H,5-8,17-20,23-29H2,1-4H3,(H2,77,78,118). The normalized spacial score (nSPS) is 41.2. The average molecular weight is 1700 g/mol. The predicted octanol–water partition coefficient (Wildman–Crippen LogP) is -9.92. The molecule has 0 aromatic heterocycles. The number of hydrogen-bond donors (Lipinski definition) is 23. The molecule has 14 bridgehead atoms. The van der Waals surface area contributed by atoms with Gasteiger partial charge >= 0.3 is 0 Å². The number of ether oxygens (including phenoxy) is 15. The summed E-state index contributed by atoms with van der Waals surface area (Å²) < 4.78 is 89.5. The van der Waals surface area contributed by atoms with Crippen molar-refractivity contribution in [3.8, 4) is 11.5 Å². The zero-order valence-electron chi connectivity index (χ0n) is 64.8. The van der Waals surface area contributed by atoms with Crippen molar-refractivity contribution in [2.75, 3.05) is 108 Å². The van der Waals surface area contributed by atoms with E-state index in [1.807, 2.05) is 65.6 Å². The molecule has 1 amide bonds. The van der Waals surface area contributed by atoms with Gasteiger partial charge in [-0.1, -0.05) is 30.3 Å². The van der Waals surface area contributed by atoms with Crippen LogP contribution in [-0.2, 0) is 71.9 Å². The first kappa shape index (κ1) is 90.5. The third-order valence-corrected chi connectivity index (χ3v) is 23.8. The van der Waals surface area contributed by atoms with Crippen LogP contribution >= 0.6 is 12.2 Å². The first-order valence-corrected chi connectivity index (χ1v) is 40.0. The summed E-state index contributed by atoms with van der Waals surface area (Å²) in [6, 6.07) is 19.6. The molecular formula is C75H110N6O36S. The van der Waals surface area contributed by atoms with E-state index in [2.05, 4.69) is 53.4 Å². The van der Waals surface area contributed by atoms with Gasteiger partial charge in [-0.25, -0.2) is 0 Å². The van der Waals surface area contributed by atoms with Crippen LogP contribution in [0.15, 0.2) is 60.7 Å². The molecular weight excluding hydrogens is 1590 g/mol. The number of aliphatic hydroxyl groups is 20. The fourth-order valence-electron chi connectivity index (χ4n) is 17.2. The predicted molar refractivity (Wildman–Crippen MR) is 400 cm³/mol. The second-order valence-electron chi connectivity index (χ2n) is 30.4. The molecule has 21 saturated heterocycles. The van der Waals surface area contributed by atoms with Gasteiger partial charge in [-0.15, -0.1) is 0 Å². The smallest absolute Gasteiger partial charge is 0.255 e. The van der Waals surface area contributed by atoms with Crippen molar-refractivity contribution in [1.82, 2.24) is 20.9 Å². The molecule has 23 aliphatic heterocycles. The number of nitrogens with zero attached hydrogens (tertiary/aromatic N) is 3. The average Bonchev–Trinajstić information content (AvgIpc) is 1.50. The molecule has 0 aliphatic carbocycles. The number of carbonyl (C=O) groups is 1. The highest BCUT2D eigenvalue weighted by molar-refractivity contribution is 7.80. The number of hydrogen-bond acceptors (Lipinski definition) is 40. The number of fused-ring (bicyclic) bond motifs is 6. The third kappa shape index (κ3) is 17.3. The van der Waals surface area contributed by atoms with E-state index in [1.54, 1.807) is 0 Å². The van der Waals surface area contributed by atoms with E-state index in [0.717, 1.165) is 54.2 Å². The number of benzene rings is 3. The molecule has 0 radical (unpaired) electrons. The molecule has 23 N–H and O–H groups in total. The SMILES string of the molecule is CCN(CC)c1ccc2c(c1)Oc1cc(N(CC)CC)ccc1C21c2ccccc2C(=O)N1CCNC(=S)NCCNCC1OC2OC3C(CO)OC(OC4C(CO)OC(OC5C(CO)OC(OC6C(CO)OC(OC7C(CO)OC(OC8C(CO)OC(OC1C(O)C2O)C(O)C8O)C(O)C7O)C(O)C6O)C(O)C5O)C(O)C4O)C(O)C3O. The van der Waals surface area contributed by atoms with Crippen molar-refractivity contribution in [1.29, 1.82) is 0 Å². The van der Waals surface area contributed by atoms with E-state index in [4.69, 9.17) is 83.3 Å². The molecule has 21 fully saturated rings.